The maximum atomic E-state index is 5.01. The molecule has 0 N–H and O–H groups in total. The van der Waals surface area contributed by atoms with Crippen LogP contribution >= 0.6 is 0 Å². The van der Waals surface area contributed by atoms with Crippen LogP contribution in [0.1, 0.15) is 31.4 Å². The molecule has 0 aliphatic heterocycles. The van der Waals surface area contributed by atoms with Gasteiger partial charge < -0.3 is 0 Å². The molecule has 130 valence electrons. The molecule has 3 aromatic rings. The van der Waals surface area contributed by atoms with Gasteiger partial charge in [0.2, 0.25) is 0 Å². The Bertz CT molecular complexity index is 898. The summed E-state index contributed by atoms with van der Waals surface area (Å²) in [6.07, 6.45) is 0.872. The Morgan fingerprint density at radius 2 is 1.46 bits per heavy atom. The summed E-state index contributed by atoms with van der Waals surface area (Å²) in [7, 11) is 0. The van der Waals surface area contributed by atoms with Crippen LogP contribution in [-0.2, 0) is 5.54 Å². The van der Waals surface area contributed by atoms with E-state index in [0.717, 1.165) is 12.0 Å². The zero-order valence-electron chi connectivity index (χ0n) is 15.4. The van der Waals surface area contributed by atoms with Crippen LogP contribution in [0, 0.1) is 0 Å². The molecule has 0 saturated heterocycles. The Balaban J connectivity index is 2.04. The quantitative estimate of drug-likeness (QED) is 0.394. The van der Waals surface area contributed by atoms with Crippen LogP contribution in [0.2, 0.25) is 0 Å². The van der Waals surface area contributed by atoms with Gasteiger partial charge in [0, 0.05) is 5.56 Å². The first-order valence-corrected chi connectivity index (χ1v) is 8.94. The second-order valence-corrected chi connectivity index (χ2v) is 6.53. The van der Waals surface area contributed by atoms with E-state index in [9.17, 15) is 0 Å². The normalized spacial score (nSPS) is 13.8. The van der Waals surface area contributed by atoms with Crippen LogP contribution in [0.15, 0.2) is 94.9 Å². The van der Waals surface area contributed by atoms with Crippen LogP contribution in [0.25, 0.3) is 11.1 Å². The number of aliphatic imine (C=N–C) groups is 2. The van der Waals surface area contributed by atoms with E-state index >= 15 is 0 Å². The molecule has 0 heterocycles. The van der Waals surface area contributed by atoms with Crippen LogP contribution in [-0.4, -0.2) is 12.6 Å². The van der Waals surface area contributed by atoms with Crippen molar-refractivity contribution >= 4 is 12.6 Å². The van der Waals surface area contributed by atoms with Gasteiger partial charge in [-0.25, -0.2) is 4.99 Å². The number of benzene rings is 3. The maximum Gasteiger partial charge on any atom is 0.154 e. The Kier molecular flexibility index (Phi) is 5.43. The Labute approximate surface area is 156 Å². The zero-order chi connectivity index (χ0) is 18.4. The van der Waals surface area contributed by atoms with E-state index in [0.29, 0.717) is 5.84 Å². The number of rotatable bonds is 5. The molecule has 3 aromatic carbocycles. The lowest BCUT2D eigenvalue weighted by Crippen LogP contribution is -2.20. The molecule has 26 heavy (non-hydrogen) atoms. The molecule has 0 bridgehead atoms. The highest BCUT2D eigenvalue weighted by molar-refractivity contribution is 6.01. The molecular weight excluding hydrogens is 316 g/mol. The molecule has 0 spiro atoms. The summed E-state index contributed by atoms with van der Waals surface area (Å²) in [5.41, 5.74) is 4.21. The maximum absolute atomic E-state index is 5.01. The van der Waals surface area contributed by atoms with E-state index in [2.05, 4.69) is 74.1 Å². The third-order valence-corrected chi connectivity index (χ3v) is 4.81. The van der Waals surface area contributed by atoms with Gasteiger partial charge in [0.1, 0.15) is 0 Å². The minimum Gasteiger partial charge on any atom is -0.255 e. The predicted octanol–water partition coefficient (Wildman–Crippen LogP) is 6.13. The highest BCUT2D eigenvalue weighted by atomic mass is 15.0. The van der Waals surface area contributed by atoms with Crippen molar-refractivity contribution in [2.45, 2.75) is 25.8 Å². The minimum atomic E-state index is -0.364. The van der Waals surface area contributed by atoms with E-state index in [1.165, 1.54) is 16.7 Å². The minimum absolute atomic E-state index is 0.364. The van der Waals surface area contributed by atoms with Crippen LogP contribution < -0.4 is 0 Å². The average molecular weight is 340 g/mol. The van der Waals surface area contributed by atoms with Gasteiger partial charge in [0.05, 0.1) is 5.54 Å². The average Bonchev–Trinajstić information content (AvgIpc) is 2.73. The van der Waals surface area contributed by atoms with E-state index in [1.807, 2.05) is 36.4 Å². The van der Waals surface area contributed by atoms with Crippen molar-refractivity contribution in [3.05, 3.63) is 96.1 Å². The largest absolute Gasteiger partial charge is 0.255 e. The van der Waals surface area contributed by atoms with Gasteiger partial charge in [-0.1, -0.05) is 85.8 Å². The number of hydrogen-bond acceptors (Lipinski definition) is 1. The van der Waals surface area contributed by atoms with Gasteiger partial charge in [-0.05, 0) is 42.8 Å². The molecule has 2 heteroatoms. The first-order valence-electron chi connectivity index (χ1n) is 8.94. The van der Waals surface area contributed by atoms with E-state index in [4.69, 9.17) is 4.99 Å². The molecule has 0 radical (unpaired) electrons. The summed E-state index contributed by atoms with van der Waals surface area (Å²) in [6, 6.07) is 29.1. The molecule has 0 amide bonds. The highest BCUT2D eigenvalue weighted by Gasteiger charge is 2.25. The second kappa shape index (κ2) is 7.92. The highest BCUT2D eigenvalue weighted by Crippen LogP contribution is 2.33. The Morgan fingerprint density at radius 3 is 2.08 bits per heavy atom. The monoisotopic (exact) mass is 340 g/mol. The number of hydrogen-bond donors (Lipinski definition) is 0. The third kappa shape index (κ3) is 3.80. The lowest BCUT2D eigenvalue weighted by atomic mass is 9.87. The van der Waals surface area contributed by atoms with Gasteiger partial charge in [-0.3, -0.25) is 4.99 Å². The summed E-state index contributed by atoms with van der Waals surface area (Å²) in [5.74, 6) is 0.681. The predicted molar refractivity (Wildman–Crippen MR) is 112 cm³/mol. The molecule has 0 aromatic heterocycles. The van der Waals surface area contributed by atoms with Crippen molar-refractivity contribution in [1.29, 1.82) is 0 Å². The van der Waals surface area contributed by atoms with Crippen molar-refractivity contribution in [1.82, 2.24) is 0 Å². The third-order valence-electron chi connectivity index (χ3n) is 4.81. The van der Waals surface area contributed by atoms with Crippen molar-refractivity contribution < 1.29 is 0 Å². The van der Waals surface area contributed by atoms with Gasteiger partial charge in [-0.15, -0.1) is 0 Å². The first-order chi connectivity index (χ1) is 12.7. The van der Waals surface area contributed by atoms with Crippen LogP contribution in [0.5, 0.6) is 0 Å². The van der Waals surface area contributed by atoms with Crippen LogP contribution in [0.3, 0.4) is 0 Å². The van der Waals surface area contributed by atoms with E-state index in [-0.39, 0.29) is 5.54 Å². The zero-order valence-corrected chi connectivity index (χ0v) is 15.4. The second-order valence-electron chi connectivity index (χ2n) is 6.53. The van der Waals surface area contributed by atoms with Gasteiger partial charge in [0.25, 0.3) is 0 Å². The molecule has 0 saturated carbocycles. The van der Waals surface area contributed by atoms with Crippen molar-refractivity contribution in [3.8, 4) is 11.1 Å². The summed E-state index contributed by atoms with van der Waals surface area (Å²) in [6.45, 7) is 8.05. The lowest BCUT2D eigenvalue weighted by Gasteiger charge is -2.26. The SMILES string of the molecule is C=NC(=NC(C)(CC)c1cccc(-c2ccccc2)c1)c1ccccc1. The van der Waals surface area contributed by atoms with Gasteiger partial charge >= 0.3 is 0 Å². The lowest BCUT2D eigenvalue weighted by molar-refractivity contribution is 0.480. The van der Waals surface area contributed by atoms with E-state index in [1.54, 1.807) is 0 Å². The van der Waals surface area contributed by atoms with Gasteiger partial charge in [0.15, 0.2) is 5.84 Å². The summed E-state index contributed by atoms with van der Waals surface area (Å²) >= 11 is 0. The molecule has 0 fully saturated rings. The van der Waals surface area contributed by atoms with Crippen molar-refractivity contribution in [2.24, 2.45) is 9.98 Å². The summed E-state index contributed by atoms with van der Waals surface area (Å²) in [5, 5.41) is 0. The number of nitrogens with zero attached hydrogens (tertiary/aromatic N) is 2. The Morgan fingerprint density at radius 1 is 0.846 bits per heavy atom. The number of amidine groups is 1. The topological polar surface area (TPSA) is 24.7 Å². The summed E-state index contributed by atoms with van der Waals surface area (Å²) < 4.78 is 0. The fourth-order valence-electron chi connectivity index (χ4n) is 3.02. The first kappa shape index (κ1) is 17.8. The fraction of sp³-hybridized carbons (Fsp3) is 0.167. The van der Waals surface area contributed by atoms with E-state index < -0.39 is 0 Å². The van der Waals surface area contributed by atoms with Crippen molar-refractivity contribution in [2.75, 3.05) is 0 Å². The van der Waals surface area contributed by atoms with Crippen molar-refractivity contribution in [3.63, 3.8) is 0 Å². The van der Waals surface area contributed by atoms with Gasteiger partial charge in [-0.2, -0.15) is 0 Å². The van der Waals surface area contributed by atoms with Crippen LogP contribution in [0.4, 0.5) is 0 Å². The molecule has 2 nitrogen and oxygen atoms in total. The Hall–Kier alpha value is -3.00. The smallest absolute Gasteiger partial charge is 0.154 e. The molecule has 1 unspecified atom stereocenters. The standard InChI is InChI=1S/C24H24N2/c1-4-24(2,26-23(25-3)20-14-9-6-10-15-20)22-17-11-16-21(18-22)19-12-7-5-8-13-19/h5-18H,3-4H2,1-2H3. The molecule has 1 atom stereocenters. The molecule has 3 rings (SSSR count). The molecule has 0 aliphatic carbocycles. The molecule has 0 aliphatic rings. The molecular formula is C24H24N2. The summed E-state index contributed by atoms with van der Waals surface area (Å²) in [4.78, 5) is 9.21. The fourth-order valence-corrected chi connectivity index (χ4v) is 3.02.